The first kappa shape index (κ1) is 15.3. The van der Waals surface area contributed by atoms with Gasteiger partial charge in [0.1, 0.15) is 0 Å². The Morgan fingerprint density at radius 2 is 1.95 bits per heavy atom. The average molecular weight is 306 g/mol. The summed E-state index contributed by atoms with van der Waals surface area (Å²) in [7, 11) is 0. The highest BCUT2D eigenvalue weighted by Gasteiger charge is 2.53. The van der Waals surface area contributed by atoms with E-state index in [1.165, 1.54) is 0 Å². The quantitative estimate of drug-likeness (QED) is 0.678. The number of rotatable bonds is 1. The van der Waals surface area contributed by atoms with Gasteiger partial charge in [0, 0.05) is 44.7 Å². The number of fused-ring (bicyclic) bond motifs is 1. The fourth-order valence-corrected chi connectivity index (χ4v) is 3.59. The summed E-state index contributed by atoms with van der Waals surface area (Å²) >= 11 is 0. The second-order valence-electron chi connectivity index (χ2n) is 6.38. The largest absolute Gasteiger partial charge is 0.381 e. The third-order valence-corrected chi connectivity index (χ3v) is 5.09. The van der Waals surface area contributed by atoms with Gasteiger partial charge >= 0.3 is 0 Å². The zero-order valence-electron chi connectivity index (χ0n) is 12.7. The van der Waals surface area contributed by atoms with Crippen LogP contribution in [0.4, 0.5) is 0 Å². The summed E-state index contributed by atoms with van der Waals surface area (Å²) in [4.78, 5) is 25.9. The first-order valence-corrected chi connectivity index (χ1v) is 7.88. The summed E-state index contributed by atoms with van der Waals surface area (Å²) in [5.41, 5.74) is 4.98. The zero-order valence-corrected chi connectivity index (χ0v) is 12.7. The van der Waals surface area contributed by atoms with E-state index in [2.05, 4.69) is 11.8 Å². The number of nitrogens with zero attached hydrogens (tertiary/aromatic N) is 1. The number of hydrogen-bond acceptors (Lipinski definition) is 4. The van der Waals surface area contributed by atoms with Crippen LogP contribution in [0.3, 0.4) is 0 Å². The Morgan fingerprint density at radius 3 is 2.64 bits per heavy atom. The van der Waals surface area contributed by atoms with Crippen molar-refractivity contribution in [1.82, 2.24) is 4.90 Å². The Kier molecular flexibility index (Phi) is 4.37. The van der Waals surface area contributed by atoms with Crippen molar-refractivity contribution in [3.63, 3.8) is 0 Å². The molecule has 2 N–H and O–H groups in total. The topological polar surface area (TPSA) is 81.9 Å². The normalized spacial score (nSPS) is 32.0. The van der Waals surface area contributed by atoms with E-state index in [-0.39, 0.29) is 23.7 Å². The summed E-state index contributed by atoms with van der Waals surface area (Å²) in [5, 5.41) is 0. The molecule has 0 spiro atoms. The number of carbonyl (C=O) groups is 2. The molecule has 6 heteroatoms. The van der Waals surface area contributed by atoms with Crippen LogP contribution < -0.4 is 5.73 Å². The molecule has 0 unspecified atom stereocenters. The minimum atomic E-state index is -0.631. The molecule has 3 aliphatic rings. The summed E-state index contributed by atoms with van der Waals surface area (Å²) in [5.74, 6) is 5.49. The average Bonchev–Trinajstić information content (AvgIpc) is 2.95. The van der Waals surface area contributed by atoms with Crippen molar-refractivity contribution in [2.75, 3.05) is 39.5 Å². The van der Waals surface area contributed by atoms with Gasteiger partial charge in [0.15, 0.2) is 0 Å². The van der Waals surface area contributed by atoms with Gasteiger partial charge in [0.2, 0.25) is 5.91 Å². The molecule has 0 bridgehead atoms. The van der Waals surface area contributed by atoms with E-state index < -0.39 is 5.41 Å². The lowest BCUT2D eigenvalue weighted by Crippen LogP contribution is -2.48. The molecule has 3 saturated heterocycles. The molecule has 2 atom stereocenters. The molecule has 0 saturated carbocycles. The molecule has 2 amide bonds. The van der Waals surface area contributed by atoms with Gasteiger partial charge in [-0.3, -0.25) is 9.59 Å². The number of amides is 2. The molecule has 0 aromatic carbocycles. The van der Waals surface area contributed by atoms with E-state index in [4.69, 9.17) is 15.2 Å². The summed E-state index contributed by atoms with van der Waals surface area (Å²) in [6, 6.07) is 0. The molecular weight excluding hydrogens is 284 g/mol. The molecule has 3 fully saturated rings. The van der Waals surface area contributed by atoms with Gasteiger partial charge in [-0.1, -0.05) is 5.92 Å². The van der Waals surface area contributed by atoms with Crippen LogP contribution >= 0.6 is 0 Å². The highest BCUT2D eigenvalue weighted by atomic mass is 16.5. The van der Waals surface area contributed by atoms with E-state index in [0.29, 0.717) is 45.9 Å². The molecule has 22 heavy (non-hydrogen) atoms. The number of hydrogen-bond donors (Lipinski definition) is 1. The van der Waals surface area contributed by atoms with Gasteiger partial charge in [-0.15, -0.1) is 0 Å². The van der Waals surface area contributed by atoms with Crippen LogP contribution in [0, 0.1) is 29.1 Å². The Balaban J connectivity index is 1.67. The highest BCUT2D eigenvalue weighted by molar-refractivity contribution is 5.95. The molecule has 3 rings (SSSR count). The van der Waals surface area contributed by atoms with Crippen molar-refractivity contribution in [1.29, 1.82) is 0 Å². The lowest BCUT2D eigenvalue weighted by atomic mass is 9.74. The minimum Gasteiger partial charge on any atom is -0.381 e. The Morgan fingerprint density at radius 1 is 1.18 bits per heavy atom. The minimum absolute atomic E-state index is 0.00687. The lowest BCUT2D eigenvalue weighted by molar-refractivity contribution is -0.136. The van der Waals surface area contributed by atoms with Gasteiger partial charge in [-0.2, -0.15) is 0 Å². The number of primary amides is 1. The second-order valence-corrected chi connectivity index (χ2v) is 6.38. The molecule has 0 aliphatic carbocycles. The van der Waals surface area contributed by atoms with Gasteiger partial charge in [0.25, 0.3) is 5.91 Å². The Hall–Kier alpha value is -1.58. The third-order valence-electron chi connectivity index (χ3n) is 5.09. The van der Waals surface area contributed by atoms with Crippen LogP contribution in [0.1, 0.15) is 19.3 Å². The van der Waals surface area contributed by atoms with Gasteiger partial charge in [-0.05, 0) is 25.2 Å². The molecule has 3 aliphatic heterocycles. The fourth-order valence-electron chi connectivity index (χ4n) is 3.59. The van der Waals surface area contributed by atoms with Gasteiger partial charge in [-0.25, -0.2) is 0 Å². The fraction of sp³-hybridized carbons (Fsp3) is 0.750. The van der Waals surface area contributed by atoms with E-state index >= 15 is 0 Å². The first-order valence-electron chi connectivity index (χ1n) is 7.88. The molecule has 0 aromatic rings. The predicted octanol–water partition coefficient (Wildman–Crippen LogP) is -0.233. The number of nitrogens with two attached hydrogens (primary N) is 1. The summed E-state index contributed by atoms with van der Waals surface area (Å²) in [6.07, 6.45) is 2.34. The SMILES string of the molecule is NC(=O)[C@]12CCOC[C@H]1CN(C(=O)C#CC1CCOCC1)C2. The van der Waals surface area contributed by atoms with Crippen LogP contribution in [0.2, 0.25) is 0 Å². The molecule has 0 aromatic heterocycles. The smallest absolute Gasteiger partial charge is 0.298 e. The molecular formula is C16H22N2O4. The first-order chi connectivity index (χ1) is 10.6. The maximum Gasteiger partial charge on any atom is 0.298 e. The zero-order chi connectivity index (χ0) is 15.6. The highest BCUT2D eigenvalue weighted by Crippen LogP contribution is 2.41. The van der Waals surface area contributed by atoms with Crippen molar-refractivity contribution >= 4 is 11.8 Å². The van der Waals surface area contributed by atoms with Crippen LogP contribution in [0.25, 0.3) is 0 Å². The van der Waals surface area contributed by atoms with Crippen LogP contribution in [0.5, 0.6) is 0 Å². The Labute approximate surface area is 130 Å². The maximum absolute atomic E-state index is 12.3. The molecule has 120 valence electrons. The molecule has 0 radical (unpaired) electrons. The lowest BCUT2D eigenvalue weighted by Gasteiger charge is -2.34. The second kappa shape index (κ2) is 6.27. The van der Waals surface area contributed by atoms with E-state index in [1.807, 2.05) is 0 Å². The van der Waals surface area contributed by atoms with Gasteiger partial charge < -0.3 is 20.1 Å². The van der Waals surface area contributed by atoms with E-state index in [0.717, 1.165) is 12.8 Å². The molecule has 6 nitrogen and oxygen atoms in total. The van der Waals surface area contributed by atoms with E-state index in [1.54, 1.807) is 4.90 Å². The third kappa shape index (κ3) is 2.83. The molecule has 3 heterocycles. The summed E-state index contributed by atoms with van der Waals surface area (Å²) < 4.78 is 10.7. The monoisotopic (exact) mass is 306 g/mol. The van der Waals surface area contributed by atoms with E-state index in [9.17, 15) is 9.59 Å². The van der Waals surface area contributed by atoms with Crippen molar-refractivity contribution < 1.29 is 19.1 Å². The van der Waals surface area contributed by atoms with Crippen molar-refractivity contribution in [3.05, 3.63) is 0 Å². The van der Waals surface area contributed by atoms with Gasteiger partial charge in [0.05, 0.1) is 12.0 Å². The van der Waals surface area contributed by atoms with Crippen LogP contribution in [-0.4, -0.2) is 56.2 Å². The predicted molar refractivity (Wildman–Crippen MR) is 78.5 cm³/mol. The van der Waals surface area contributed by atoms with Crippen molar-refractivity contribution in [2.45, 2.75) is 19.3 Å². The maximum atomic E-state index is 12.3. The van der Waals surface area contributed by atoms with Crippen molar-refractivity contribution in [2.24, 2.45) is 23.0 Å². The Bertz CT molecular complexity index is 518. The standard InChI is InChI=1S/C16H22N2O4/c17-15(20)16-5-8-22-10-13(16)9-18(11-16)14(19)2-1-12-3-6-21-7-4-12/h12-13H,3-11H2,(H2,17,20)/t13-,16+/m1/s1. The summed E-state index contributed by atoms with van der Waals surface area (Å²) in [6.45, 7) is 3.31. The number of ether oxygens (including phenoxy) is 2. The van der Waals surface area contributed by atoms with Crippen molar-refractivity contribution in [3.8, 4) is 11.8 Å². The van der Waals surface area contributed by atoms with Crippen LogP contribution in [-0.2, 0) is 19.1 Å². The number of carbonyl (C=O) groups excluding carboxylic acids is 2. The van der Waals surface area contributed by atoms with Crippen LogP contribution in [0.15, 0.2) is 0 Å². The number of likely N-dealkylation sites (tertiary alicyclic amines) is 1.